The number of hydrogen-bond donors (Lipinski definition) is 0. The van der Waals surface area contributed by atoms with Crippen molar-refractivity contribution in [3.8, 4) is 0 Å². The number of rotatable bonds is 11. The average Bonchev–Trinajstić information content (AvgIpc) is 2.81. The Labute approximate surface area is 125 Å². The molecule has 0 saturated carbocycles. The fourth-order valence-corrected chi connectivity index (χ4v) is 2.42. The number of aryl methyl sites for hydroxylation is 2. The highest BCUT2D eigenvalue weighted by molar-refractivity contribution is 4.92. The maximum Gasteiger partial charge on any atom is 0.0827 e. The number of aromatic nitrogens is 3. The molecule has 0 aliphatic rings. The molecular formula is C17H33N3. The highest BCUT2D eigenvalue weighted by Gasteiger charge is 2.02. The van der Waals surface area contributed by atoms with E-state index in [0.29, 0.717) is 0 Å². The van der Waals surface area contributed by atoms with Gasteiger partial charge in [-0.1, -0.05) is 65.0 Å². The van der Waals surface area contributed by atoms with Crippen LogP contribution in [0.5, 0.6) is 0 Å². The van der Waals surface area contributed by atoms with Crippen LogP contribution >= 0.6 is 0 Å². The maximum absolute atomic E-state index is 4.28. The first-order valence-corrected chi connectivity index (χ1v) is 8.47. The zero-order chi connectivity index (χ0) is 14.8. The summed E-state index contributed by atoms with van der Waals surface area (Å²) >= 11 is 0. The predicted octanol–water partition coefficient (Wildman–Crippen LogP) is 4.86. The quantitative estimate of drug-likeness (QED) is 0.541. The van der Waals surface area contributed by atoms with Crippen molar-refractivity contribution < 1.29 is 0 Å². The smallest absolute Gasteiger partial charge is 0.0827 e. The molecule has 0 bridgehead atoms. The fourth-order valence-electron chi connectivity index (χ4n) is 2.42. The van der Waals surface area contributed by atoms with Crippen molar-refractivity contribution in [3.63, 3.8) is 0 Å². The molecule has 0 unspecified atom stereocenters. The number of hydrogen-bond acceptors (Lipinski definition) is 2. The third-order valence-electron chi connectivity index (χ3n) is 3.72. The molecular weight excluding hydrogens is 246 g/mol. The highest BCUT2D eigenvalue weighted by Crippen LogP contribution is 2.11. The van der Waals surface area contributed by atoms with Crippen LogP contribution in [0.15, 0.2) is 6.20 Å². The molecule has 0 saturated heterocycles. The molecule has 0 N–H and O–H groups in total. The second kappa shape index (κ2) is 9.95. The molecule has 0 atom stereocenters. The first kappa shape index (κ1) is 17.2. The molecule has 0 aromatic carbocycles. The lowest BCUT2D eigenvalue weighted by molar-refractivity contribution is 0.485. The molecule has 0 radical (unpaired) electrons. The van der Waals surface area contributed by atoms with Crippen molar-refractivity contribution in [3.05, 3.63) is 11.9 Å². The molecule has 0 fully saturated rings. The largest absolute Gasteiger partial charge is 0.252 e. The van der Waals surface area contributed by atoms with E-state index >= 15 is 0 Å². The van der Waals surface area contributed by atoms with Gasteiger partial charge in [0.2, 0.25) is 0 Å². The van der Waals surface area contributed by atoms with Gasteiger partial charge in [0.15, 0.2) is 0 Å². The summed E-state index contributed by atoms with van der Waals surface area (Å²) in [5.74, 6) is 1.65. The molecule has 1 rings (SSSR count). The van der Waals surface area contributed by atoms with Gasteiger partial charge in [0.25, 0.3) is 0 Å². The average molecular weight is 279 g/mol. The van der Waals surface area contributed by atoms with Crippen molar-refractivity contribution in [2.75, 3.05) is 0 Å². The Bertz CT molecular complexity index is 342. The number of nitrogens with zero attached hydrogens (tertiary/aromatic N) is 3. The van der Waals surface area contributed by atoms with Crippen LogP contribution in [-0.2, 0) is 13.0 Å². The first-order chi connectivity index (χ1) is 9.58. The summed E-state index contributed by atoms with van der Waals surface area (Å²) in [4.78, 5) is 0. The van der Waals surface area contributed by atoms with Gasteiger partial charge in [-0.25, -0.2) is 0 Å². The van der Waals surface area contributed by atoms with Gasteiger partial charge < -0.3 is 0 Å². The van der Waals surface area contributed by atoms with E-state index in [1.54, 1.807) is 0 Å². The Morgan fingerprint density at radius 1 is 0.900 bits per heavy atom. The van der Waals surface area contributed by atoms with Gasteiger partial charge in [-0.05, 0) is 31.1 Å². The van der Waals surface area contributed by atoms with Crippen LogP contribution in [0.3, 0.4) is 0 Å². The Hall–Kier alpha value is -0.860. The van der Waals surface area contributed by atoms with E-state index < -0.39 is 0 Å². The Balaban J connectivity index is 2.10. The summed E-state index contributed by atoms with van der Waals surface area (Å²) in [6.45, 7) is 10.2. The van der Waals surface area contributed by atoms with E-state index in [2.05, 4.69) is 44.2 Å². The molecule has 20 heavy (non-hydrogen) atoms. The third kappa shape index (κ3) is 8.34. The Morgan fingerprint density at radius 3 is 2.20 bits per heavy atom. The lowest BCUT2D eigenvalue weighted by Crippen LogP contribution is -1.99. The zero-order valence-electron chi connectivity index (χ0n) is 13.9. The molecule has 0 aliphatic heterocycles. The molecule has 1 heterocycles. The summed E-state index contributed by atoms with van der Waals surface area (Å²) < 4.78 is 2.02. The van der Waals surface area contributed by atoms with E-state index in [9.17, 15) is 0 Å². The van der Waals surface area contributed by atoms with Gasteiger partial charge in [0.1, 0.15) is 0 Å². The lowest BCUT2D eigenvalue weighted by Gasteiger charge is -2.04. The van der Waals surface area contributed by atoms with Gasteiger partial charge in [-0.3, -0.25) is 4.68 Å². The summed E-state index contributed by atoms with van der Waals surface area (Å²) in [6, 6.07) is 0. The second-order valence-electron chi connectivity index (χ2n) is 6.86. The van der Waals surface area contributed by atoms with E-state index in [4.69, 9.17) is 0 Å². The van der Waals surface area contributed by atoms with Crippen LogP contribution in [-0.4, -0.2) is 15.0 Å². The normalized spacial score (nSPS) is 11.7. The van der Waals surface area contributed by atoms with E-state index in [-0.39, 0.29) is 0 Å². The molecule has 1 aromatic heterocycles. The Morgan fingerprint density at radius 2 is 1.55 bits per heavy atom. The van der Waals surface area contributed by atoms with Crippen LogP contribution in [0.2, 0.25) is 0 Å². The summed E-state index contributed by atoms with van der Waals surface area (Å²) in [6.07, 6.45) is 12.3. The lowest BCUT2D eigenvalue weighted by atomic mass is 10.0. The van der Waals surface area contributed by atoms with Crippen LogP contribution in [0.1, 0.15) is 78.3 Å². The zero-order valence-corrected chi connectivity index (χ0v) is 13.9. The van der Waals surface area contributed by atoms with Crippen molar-refractivity contribution in [2.45, 2.75) is 85.6 Å². The van der Waals surface area contributed by atoms with E-state index in [1.165, 1.54) is 50.6 Å². The molecule has 1 aromatic rings. The second-order valence-corrected chi connectivity index (χ2v) is 6.86. The molecule has 0 amide bonds. The van der Waals surface area contributed by atoms with Crippen LogP contribution in [0, 0.1) is 11.8 Å². The topological polar surface area (TPSA) is 30.7 Å². The maximum atomic E-state index is 4.28. The molecule has 0 aliphatic carbocycles. The standard InChI is InChI=1S/C17H33N3/c1-15(2)10-6-5-7-12-17-14-20(19-18-17)13-9-8-11-16(3)4/h14-16H,5-13H2,1-4H3. The molecule has 3 nitrogen and oxygen atoms in total. The van der Waals surface area contributed by atoms with Crippen LogP contribution < -0.4 is 0 Å². The fraction of sp³-hybridized carbons (Fsp3) is 0.882. The summed E-state index contributed by atoms with van der Waals surface area (Å²) in [5, 5.41) is 8.50. The Kier molecular flexibility index (Phi) is 8.56. The molecule has 0 spiro atoms. The van der Waals surface area contributed by atoms with Gasteiger partial charge in [0, 0.05) is 12.7 Å². The first-order valence-electron chi connectivity index (χ1n) is 8.47. The molecule has 116 valence electrons. The van der Waals surface area contributed by atoms with Crippen molar-refractivity contribution in [1.82, 2.24) is 15.0 Å². The van der Waals surface area contributed by atoms with Gasteiger partial charge in [-0.2, -0.15) is 0 Å². The third-order valence-corrected chi connectivity index (χ3v) is 3.72. The van der Waals surface area contributed by atoms with E-state index in [0.717, 1.165) is 24.8 Å². The minimum atomic E-state index is 0.812. The minimum absolute atomic E-state index is 0.812. The van der Waals surface area contributed by atoms with Gasteiger partial charge in [-0.15, -0.1) is 5.10 Å². The van der Waals surface area contributed by atoms with Crippen molar-refractivity contribution >= 4 is 0 Å². The van der Waals surface area contributed by atoms with Gasteiger partial charge in [0.05, 0.1) is 5.69 Å². The summed E-state index contributed by atoms with van der Waals surface area (Å²) in [7, 11) is 0. The van der Waals surface area contributed by atoms with E-state index in [1.807, 2.05) is 4.68 Å². The number of unbranched alkanes of at least 4 members (excludes halogenated alkanes) is 3. The van der Waals surface area contributed by atoms with Crippen molar-refractivity contribution in [1.29, 1.82) is 0 Å². The van der Waals surface area contributed by atoms with Crippen molar-refractivity contribution in [2.24, 2.45) is 11.8 Å². The monoisotopic (exact) mass is 279 g/mol. The van der Waals surface area contributed by atoms with Gasteiger partial charge >= 0.3 is 0 Å². The predicted molar refractivity (Wildman–Crippen MR) is 85.7 cm³/mol. The van der Waals surface area contributed by atoms with Crippen LogP contribution in [0.25, 0.3) is 0 Å². The molecule has 3 heteroatoms. The SMILES string of the molecule is CC(C)CCCCCc1cn(CCCCC(C)C)nn1. The minimum Gasteiger partial charge on any atom is -0.252 e. The summed E-state index contributed by atoms with van der Waals surface area (Å²) in [5.41, 5.74) is 1.17. The van der Waals surface area contributed by atoms with Crippen LogP contribution in [0.4, 0.5) is 0 Å². The highest BCUT2D eigenvalue weighted by atomic mass is 15.4.